The molecule has 0 N–H and O–H groups in total. The Balaban J connectivity index is 1.80. The SMILES string of the molecule is COCCCN(C)Cn1nc(Cc2cccs2)n(C2CCCCC2)c1=S. The number of hydrogen-bond acceptors (Lipinski definition) is 5. The molecule has 0 bridgehead atoms. The molecule has 1 saturated carbocycles. The van der Waals surface area contributed by atoms with E-state index in [1.54, 1.807) is 18.4 Å². The first kappa shape index (κ1) is 19.7. The lowest BCUT2D eigenvalue weighted by Gasteiger charge is -2.24. The highest BCUT2D eigenvalue weighted by molar-refractivity contribution is 7.71. The quantitative estimate of drug-likeness (QED) is 0.463. The van der Waals surface area contributed by atoms with Gasteiger partial charge in [-0.15, -0.1) is 11.3 Å². The molecule has 144 valence electrons. The van der Waals surface area contributed by atoms with Crippen LogP contribution in [0.3, 0.4) is 0 Å². The Morgan fingerprint density at radius 2 is 2.15 bits per heavy atom. The van der Waals surface area contributed by atoms with Gasteiger partial charge in [-0.2, -0.15) is 5.10 Å². The predicted octanol–water partition coefficient (Wildman–Crippen LogP) is 4.50. The van der Waals surface area contributed by atoms with Crippen LogP contribution in [0.1, 0.15) is 55.3 Å². The van der Waals surface area contributed by atoms with E-state index in [9.17, 15) is 0 Å². The van der Waals surface area contributed by atoms with Crippen molar-refractivity contribution < 1.29 is 4.74 Å². The first-order chi connectivity index (χ1) is 12.7. The summed E-state index contributed by atoms with van der Waals surface area (Å²) in [5.74, 6) is 1.12. The minimum absolute atomic E-state index is 0.513. The van der Waals surface area contributed by atoms with Gasteiger partial charge in [0, 0.05) is 37.6 Å². The molecule has 26 heavy (non-hydrogen) atoms. The number of thiophene rings is 1. The number of rotatable bonds is 9. The van der Waals surface area contributed by atoms with Crippen molar-refractivity contribution in [3.63, 3.8) is 0 Å². The van der Waals surface area contributed by atoms with Gasteiger partial charge in [-0.3, -0.25) is 4.90 Å². The molecule has 0 spiro atoms. The normalized spacial score (nSPS) is 15.8. The van der Waals surface area contributed by atoms with Crippen LogP contribution in [0.2, 0.25) is 0 Å². The first-order valence-corrected chi connectivity index (χ1v) is 10.9. The molecule has 0 aromatic carbocycles. The highest BCUT2D eigenvalue weighted by Crippen LogP contribution is 2.30. The molecule has 1 aliphatic carbocycles. The standard InChI is InChI=1S/C19H30N4OS2/c1-21(11-7-12-24-2)15-22-19(25)23(16-8-4-3-5-9-16)18(20-22)14-17-10-6-13-26-17/h6,10,13,16H,3-5,7-9,11-12,14-15H2,1-2H3. The van der Waals surface area contributed by atoms with Gasteiger partial charge >= 0.3 is 0 Å². The molecule has 0 saturated heterocycles. The summed E-state index contributed by atoms with van der Waals surface area (Å²) in [4.78, 5) is 3.62. The van der Waals surface area contributed by atoms with Crippen molar-refractivity contribution in [2.75, 3.05) is 27.3 Å². The molecule has 7 heteroatoms. The van der Waals surface area contributed by atoms with Gasteiger partial charge in [0.05, 0.1) is 6.67 Å². The summed E-state index contributed by atoms with van der Waals surface area (Å²) < 4.78 is 10.4. The van der Waals surface area contributed by atoms with Gasteiger partial charge in [-0.25, -0.2) is 4.68 Å². The molecule has 3 rings (SSSR count). The summed E-state index contributed by atoms with van der Waals surface area (Å²) >= 11 is 7.65. The third-order valence-electron chi connectivity index (χ3n) is 5.06. The summed E-state index contributed by atoms with van der Waals surface area (Å²) in [5, 5.41) is 7.07. The third kappa shape index (κ3) is 5.03. The average Bonchev–Trinajstić information content (AvgIpc) is 3.25. The zero-order chi connectivity index (χ0) is 18.4. The summed E-state index contributed by atoms with van der Waals surface area (Å²) in [6.07, 6.45) is 8.28. The molecule has 0 unspecified atom stereocenters. The minimum Gasteiger partial charge on any atom is -0.385 e. The lowest BCUT2D eigenvalue weighted by molar-refractivity contribution is 0.167. The molecular weight excluding hydrogens is 364 g/mol. The van der Waals surface area contributed by atoms with Crippen LogP contribution in [-0.4, -0.2) is 46.6 Å². The highest BCUT2D eigenvalue weighted by atomic mass is 32.1. The average molecular weight is 395 g/mol. The fourth-order valence-corrected chi connectivity index (χ4v) is 4.79. The minimum atomic E-state index is 0.513. The molecule has 1 fully saturated rings. The molecule has 0 aliphatic heterocycles. The molecule has 2 aromatic rings. The van der Waals surface area contributed by atoms with Crippen molar-refractivity contribution in [3.8, 4) is 0 Å². The van der Waals surface area contributed by atoms with Crippen LogP contribution in [0.5, 0.6) is 0 Å². The van der Waals surface area contributed by atoms with Crippen LogP contribution < -0.4 is 0 Å². The molecular formula is C19H30N4OS2. The van der Waals surface area contributed by atoms with E-state index in [0.717, 1.165) is 43.3 Å². The molecule has 2 aromatic heterocycles. The van der Waals surface area contributed by atoms with E-state index < -0.39 is 0 Å². The van der Waals surface area contributed by atoms with Gasteiger partial charge < -0.3 is 9.30 Å². The maximum absolute atomic E-state index is 5.86. The van der Waals surface area contributed by atoms with Crippen LogP contribution in [0, 0.1) is 4.77 Å². The Morgan fingerprint density at radius 1 is 1.35 bits per heavy atom. The summed E-state index contributed by atoms with van der Waals surface area (Å²) in [5.41, 5.74) is 0. The van der Waals surface area contributed by atoms with E-state index in [1.807, 2.05) is 4.68 Å². The molecule has 1 aliphatic rings. The van der Waals surface area contributed by atoms with E-state index in [2.05, 4.69) is 34.0 Å². The Hall–Kier alpha value is -1.02. The second-order valence-corrected chi connectivity index (χ2v) is 8.58. The first-order valence-electron chi connectivity index (χ1n) is 9.57. The molecule has 5 nitrogen and oxygen atoms in total. The number of nitrogens with zero attached hydrogens (tertiary/aromatic N) is 4. The van der Waals surface area contributed by atoms with Crippen molar-refractivity contribution in [1.82, 2.24) is 19.2 Å². The van der Waals surface area contributed by atoms with E-state index in [4.69, 9.17) is 22.1 Å². The number of aromatic nitrogens is 3. The van der Waals surface area contributed by atoms with Crippen molar-refractivity contribution in [2.24, 2.45) is 0 Å². The fraction of sp³-hybridized carbons (Fsp3) is 0.684. The van der Waals surface area contributed by atoms with Gasteiger partial charge in [0.1, 0.15) is 5.82 Å². The fourth-order valence-electron chi connectivity index (χ4n) is 3.73. The lowest BCUT2D eigenvalue weighted by atomic mass is 9.95. The summed E-state index contributed by atoms with van der Waals surface area (Å²) in [6.45, 7) is 2.50. The van der Waals surface area contributed by atoms with Gasteiger partial charge in [-0.05, 0) is 50.0 Å². The van der Waals surface area contributed by atoms with Crippen LogP contribution >= 0.6 is 23.6 Å². The van der Waals surface area contributed by atoms with Gasteiger partial charge in [-0.1, -0.05) is 25.3 Å². The van der Waals surface area contributed by atoms with E-state index in [-0.39, 0.29) is 0 Å². The Labute approximate surface area is 165 Å². The lowest BCUT2D eigenvalue weighted by Crippen LogP contribution is -2.25. The zero-order valence-electron chi connectivity index (χ0n) is 15.9. The van der Waals surface area contributed by atoms with Crippen LogP contribution in [-0.2, 0) is 17.8 Å². The van der Waals surface area contributed by atoms with Crippen molar-refractivity contribution in [3.05, 3.63) is 33.0 Å². The van der Waals surface area contributed by atoms with Crippen LogP contribution in [0.25, 0.3) is 0 Å². The predicted molar refractivity (Wildman–Crippen MR) is 109 cm³/mol. The Morgan fingerprint density at radius 3 is 2.85 bits per heavy atom. The van der Waals surface area contributed by atoms with Crippen LogP contribution in [0.4, 0.5) is 0 Å². The molecule has 0 radical (unpaired) electrons. The maximum Gasteiger partial charge on any atom is 0.199 e. The van der Waals surface area contributed by atoms with Gasteiger partial charge in [0.15, 0.2) is 4.77 Å². The monoisotopic (exact) mass is 394 g/mol. The summed E-state index contributed by atoms with van der Waals surface area (Å²) in [6, 6.07) is 4.81. The highest BCUT2D eigenvalue weighted by Gasteiger charge is 2.22. The summed E-state index contributed by atoms with van der Waals surface area (Å²) in [7, 11) is 3.87. The smallest absolute Gasteiger partial charge is 0.199 e. The van der Waals surface area contributed by atoms with Gasteiger partial charge in [0.2, 0.25) is 0 Å². The largest absolute Gasteiger partial charge is 0.385 e. The second-order valence-electron chi connectivity index (χ2n) is 7.18. The second kappa shape index (κ2) is 9.78. The number of hydrogen-bond donors (Lipinski definition) is 0. The van der Waals surface area contributed by atoms with E-state index in [0.29, 0.717) is 6.04 Å². The third-order valence-corrected chi connectivity index (χ3v) is 6.34. The van der Waals surface area contributed by atoms with Crippen molar-refractivity contribution in [1.29, 1.82) is 0 Å². The topological polar surface area (TPSA) is 35.2 Å². The number of ether oxygens (including phenoxy) is 1. The molecule has 2 heterocycles. The Bertz CT molecular complexity index is 716. The number of methoxy groups -OCH3 is 1. The molecule has 0 amide bonds. The van der Waals surface area contributed by atoms with Gasteiger partial charge in [0.25, 0.3) is 0 Å². The molecule has 0 atom stereocenters. The van der Waals surface area contributed by atoms with Crippen molar-refractivity contribution >= 4 is 23.6 Å². The maximum atomic E-state index is 5.86. The van der Waals surface area contributed by atoms with Crippen LogP contribution in [0.15, 0.2) is 17.5 Å². The Kier molecular flexibility index (Phi) is 7.42. The van der Waals surface area contributed by atoms with E-state index >= 15 is 0 Å². The zero-order valence-corrected chi connectivity index (χ0v) is 17.5. The van der Waals surface area contributed by atoms with E-state index in [1.165, 1.54) is 37.0 Å². The van der Waals surface area contributed by atoms with Crippen molar-refractivity contribution in [2.45, 2.75) is 57.7 Å².